The van der Waals surface area contributed by atoms with Gasteiger partial charge < -0.3 is 15.2 Å². The lowest BCUT2D eigenvalue weighted by molar-refractivity contribution is -0.178. The number of nitriles is 1. The first-order valence-electron chi connectivity index (χ1n) is 8.42. The molecule has 2 N–H and O–H groups in total. The summed E-state index contributed by atoms with van der Waals surface area (Å²) in [5, 5.41) is 16.4. The Morgan fingerprint density at radius 1 is 1.46 bits per heavy atom. The number of ether oxygens (including phenoxy) is 2. The number of rotatable bonds is 4. The Morgan fingerprint density at radius 3 is 2.69 bits per heavy atom. The topological polar surface area (TPSA) is 93.0 Å². The SMILES string of the molecule is C/N=N\C(C1C(C)OC(N)=C(C#N)[C@H]1C1CCCC=C1OC)C(F)(F)F. The van der Waals surface area contributed by atoms with E-state index in [4.69, 9.17) is 15.2 Å². The molecule has 1 heterocycles. The molecule has 6 nitrogen and oxygen atoms in total. The third-order valence-electron chi connectivity index (χ3n) is 5.03. The first-order valence-corrected chi connectivity index (χ1v) is 8.42. The smallest absolute Gasteiger partial charge is 0.412 e. The number of hydrogen-bond acceptors (Lipinski definition) is 6. The summed E-state index contributed by atoms with van der Waals surface area (Å²) in [5.74, 6) is -1.89. The van der Waals surface area contributed by atoms with Crippen LogP contribution in [-0.2, 0) is 9.47 Å². The van der Waals surface area contributed by atoms with Crippen molar-refractivity contribution in [2.45, 2.75) is 44.5 Å². The molecule has 144 valence electrons. The third kappa shape index (κ3) is 3.79. The molecule has 9 heteroatoms. The first-order chi connectivity index (χ1) is 12.3. The molecule has 2 rings (SSSR count). The van der Waals surface area contributed by atoms with Crippen LogP contribution >= 0.6 is 0 Å². The van der Waals surface area contributed by atoms with E-state index in [9.17, 15) is 18.4 Å². The van der Waals surface area contributed by atoms with Crippen molar-refractivity contribution in [1.29, 1.82) is 5.26 Å². The number of methoxy groups -OCH3 is 1. The van der Waals surface area contributed by atoms with E-state index in [0.29, 0.717) is 12.2 Å². The summed E-state index contributed by atoms with van der Waals surface area (Å²) in [6.07, 6.45) is -1.48. The maximum absolute atomic E-state index is 13.7. The lowest BCUT2D eigenvalue weighted by atomic mass is 9.67. The highest BCUT2D eigenvalue weighted by Gasteiger charge is 2.55. The third-order valence-corrected chi connectivity index (χ3v) is 5.03. The summed E-state index contributed by atoms with van der Waals surface area (Å²) in [6.45, 7) is 1.52. The Balaban J connectivity index is 2.61. The van der Waals surface area contributed by atoms with Gasteiger partial charge in [0.15, 0.2) is 11.9 Å². The number of nitrogens with zero attached hydrogens (tertiary/aromatic N) is 3. The second-order valence-corrected chi connectivity index (χ2v) is 6.47. The van der Waals surface area contributed by atoms with Crippen LogP contribution in [0.5, 0.6) is 0 Å². The van der Waals surface area contributed by atoms with Crippen molar-refractivity contribution in [2.24, 2.45) is 33.7 Å². The van der Waals surface area contributed by atoms with Crippen LogP contribution in [0, 0.1) is 29.1 Å². The molecular formula is C17H23F3N4O2. The molecule has 0 radical (unpaired) electrons. The van der Waals surface area contributed by atoms with Crippen molar-refractivity contribution < 1.29 is 22.6 Å². The molecule has 0 aromatic rings. The van der Waals surface area contributed by atoms with Crippen molar-refractivity contribution in [2.75, 3.05) is 14.2 Å². The van der Waals surface area contributed by atoms with Crippen molar-refractivity contribution in [3.05, 3.63) is 23.3 Å². The molecule has 1 aliphatic carbocycles. The Bertz CT molecular complexity index is 651. The molecule has 0 fully saturated rings. The Hall–Kier alpha value is -2.24. The monoisotopic (exact) mass is 372 g/mol. The maximum Gasteiger partial charge on any atom is 0.412 e. The van der Waals surface area contributed by atoms with Crippen LogP contribution in [0.15, 0.2) is 33.5 Å². The molecule has 5 atom stereocenters. The normalized spacial score (nSPS) is 31.2. The zero-order valence-corrected chi connectivity index (χ0v) is 15.0. The lowest BCUT2D eigenvalue weighted by Crippen LogP contribution is -2.50. The van der Waals surface area contributed by atoms with Crippen LogP contribution in [0.4, 0.5) is 13.2 Å². The van der Waals surface area contributed by atoms with E-state index < -0.39 is 36.1 Å². The van der Waals surface area contributed by atoms with Gasteiger partial charge in [-0.2, -0.15) is 28.7 Å². The van der Waals surface area contributed by atoms with Gasteiger partial charge in [-0.1, -0.05) is 0 Å². The molecule has 0 saturated carbocycles. The van der Waals surface area contributed by atoms with Gasteiger partial charge >= 0.3 is 6.18 Å². The minimum Gasteiger partial charge on any atom is -0.501 e. The predicted octanol–water partition coefficient (Wildman–Crippen LogP) is 3.67. The fourth-order valence-corrected chi connectivity index (χ4v) is 4.00. The predicted molar refractivity (Wildman–Crippen MR) is 87.4 cm³/mol. The van der Waals surface area contributed by atoms with Gasteiger partial charge in [-0.25, -0.2) is 0 Å². The molecule has 0 saturated heterocycles. The van der Waals surface area contributed by atoms with E-state index in [1.807, 2.05) is 12.1 Å². The first kappa shape index (κ1) is 20.1. The van der Waals surface area contributed by atoms with Crippen molar-refractivity contribution in [1.82, 2.24) is 0 Å². The van der Waals surface area contributed by atoms with Crippen LogP contribution in [0.3, 0.4) is 0 Å². The minimum absolute atomic E-state index is 0.0171. The van der Waals surface area contributed by atoms with Gasteiger partial charge in [0.1, 0.15) is 12.2 Å². The Morgan fingerprint density at radius 2 is 2.15 bits per heavy atom. The highest BCUT2D eigenvalue weighted by Crippen LogP contribution is 2.48. The second kappa shape index (κ2) is 7.98. The number of nitrogens with two attached hydrogens (primary N) is 1. The van der Waals surface area contributed by atoms with E-state index >= 15 is 0 Å². The van der Waals surface area contributed by atoms with Crippen LogP contribution in [0.2, 0.25) is 0 Å². The summed E-state index contributed by atoms with van der Waals surface area (Å²) in [6, 6.07) is -0.142. The number of alkyl halides is 3. The fourth-order valence-electron chi connectivity index (χ4n) is 4.00. The largest absolute Gasteiger partial charge is 0.501 e. The standard InChI is InChI=1S/C17H23F3N4O2/c1-9-13(15(24-23-2)17(18,19)20)14(11(8-21)16(22)26-9)10-6-4-5-7-12(10)25-3/h7,9-10,13-15H,4-6,22H2,1-3H3/b24-23-/t9?,10?,13?,14-,15?/m1/s1. The molecule has 1 aliphatic heterocycles. The summed E-state index contributed by atoms with van der Waals surface area (Å²) >= 11 is 0. The summed E-state index contributed by atoms with van der Waals surface area (Å²) < 4.78 is 52.0. The van der Waals surface area contributed by atoms with Crippen molar-refractivity contribution >= 4 is 0 Å². The maximum atomic E-state index is 13.7. The average molecular weight is 372 g/mol. The van der Waals surface area contributed by atoms with E-state index in [2.05, 4.69) is 10.2 Å². The van der Waals surface area contributed by atoms with Crippen LogP contribution in [0.1, 0.15) is 26.2 Å². The van der Waals surface area contributed by atoms with E-state index in [-0.39, 0.29) is 11.5 Å². The quantitative estimate of drug-likeness (QED) is 0.762. The Labute approximate surface area is 150 Å². The van der Waals surface area contributed by atoms with E-state index in [1.165, 1.54) is 21.1 Å². The number of hydrogen-bond donors (Lipinski definition) is 1. The van der Waals surface area contributed by atoms with Gasteiger partial charge in [0, 0.05) is 24.8 Å². The van der Waals surface area contributed by atoms with Crippen molar-refractivity contribution in [3.8, 4) is 6.07 Å². The Kier molecular flexibility index (Phi) is 6.16. The number of allylic oxidation sites excluding steroid dienone is 3. The highest BCUT2D eigenvalue weighted by atomic mass is 19.4. The van der Waals surface area contributed by atoms with Crippen LogP contribution < -0.4 is 5.73 Å². The fraction of sp³-hybridized carbons (Fsp3) is 0.706. The molecule has 0 aromatic carbocycles. The van der Waals surface area contributed by atoms with Crippen LogP contribution in [-0.4, -0.2) is 32.5 Å². The molecule has 4 unspecified atom stereocenters. The zero-order chi connectivity index (χ0) is 19.5. The van der Waals surface area contributed by atoms with E-state index in [1.54, 1.807) is 0 Å². The van der Waals surface area contributed by atoms with Crippen molar-refractivity contribution in [3.63, 3.8) is 0 Å². The number of azo groups is 1. The molecule has 0 spiro atoms. The molecule has 26 heavy (non-hydrogen) atoms. The van der Waals surface area contributed by atoms with Gasteiger partial charge in [-0.3, -0.25) is 0 Å². The van der Waals surface area contributed by atoms with Gasteiger partial charge in [-0.15, -0.1) is 0 Å². The van der Waals surface area contributed by atoms with Crippen LogP contribution in [0.25, 0.3) is 0 Å². The second-order valence-electron chi connectivity index (χ2n) is 6.47. The molecule has 0 bridgehead atoms. The molecule has 0 aromatic heterocycles. The van der Waals surface area contributed by atoms with E-state index in [0.717, 1.165) is 12.8 Å². The average Bonchev–Trinajstić information content (AvgIpc) is 2.59. The van der Waals surface area contributed by atoms with Gasteiger partial charge in [0.2, 0.25) is 0 Å². The summed E-state index contributed by atoms with van der Waals surface area (Å²) in [4.78, 5) is 0. The zero-order valence-electron chi connectivity index (χ0n) is 15.0. The molecule has 2 aliphatic rings. The molecule has 0 amide bonds. The minimum atomic E-state index is -4.63. The van der Waals surface area contributed by atoms with Gasteiger partial charge in [0.25, 0.3) is 0 Å². The molecular weight excluding hydrogens is 349 g/mol. The van der Waals surface area contributed by atoms with Gasteiger partial charge in [0.05, 0.1) is 18.4 Å². The summed E-state index contributed by atoms with van der Waals surface area (Å²) in [5.41, 5.74) is 5.87. The highest BCUT2D eigenvalue weighted by molar-refractivity contribution is 5.33. The number of halogens is 3. The summed E-state index contributed by atoms with van der Waals surface area (Å²) in [7, 11) is 2.67. The van der Waals surface area contributed by atoms with Gasteiger partial charge in [-0.05, 0) is 32.3 Å². The lowest BCUT2D eigenvalue weighted by Gasteiger charge is -2.43.